The van der Waals surface area contributed by atoms with E-state index in [-0.39, 0.29) is 18.6 Å². The van der Waals surface area contributed by atoms with Crippen molar-refractivity contribution < 1.29 is 19.1 Å². The van der Waals surface area contributed by atoms with Crippen LogP contribution in [0.25, 0.3) is 0 Å². The van der Waals surface area contributed by atoms with Gasteiger partial charge in [-0.25, -0.2) is 0 Å². The van der Waals surface area contributed by atoms with Crippen molar-refractivity contribution >= 4 is 11.8 Å². The van der Waals surface area contributed by atoms with Gasteiger partial charge in [0.1, 0.15) is 6.10 Å². The summed E-state index contributed by atoms with van der Waals surface area (Å²) in [6.07, 6.45) is 3.65. The van der Waals surface area contributed by atoms with E-state index in [2.05, 4.69) is 6.92 Å². The number of primary amides is 1. The van der Waals surface area contributed by atoms with Crippen LogP contribution < -0.4 is 5.73 Å². The Labute approximate surface area is 162 Å². The highest BCUT2D eigenvalue weighted by atomic mass is 16.5. The molecule has 1 aliphatic rings. The standard InChI is InChI=1S/C21H32N2O4/c1-3-4-10-19(20(22)24)27-15-18(16-8-6-5-7-9-16)21(25)23-13-11-17(26-2)12-14-23/h5-9,17-19H,3-4,10-15H2,1-2H3,(H2,22,24)/t18?,19-/m0/s1. The molecule has 1 saturated heterocycles. The summed E-state index contributed by atoms with van der Waals surface area (Å²) in [5, 5.41) is 0. The number of methoxy groups -OCH3 is 1. The molecule has 1 aliphatic heterocycles. The Bertz CT molecular complexity index is 585. The minimum Gasteiger partial charge on any atom is -0.381 e. The van der Waals surface area contributed by atoms with Crippen molar-refractivity contribution in [2.45, 2.75) is 57.2 Å². The van der Waals surface area contributed by atoms with Crippen LogP contribution in [0.2, 0.25) is 0 Å². The molecule has 2 N–H and O–H groups in total. The number of unbranched alkanes of at least 4 members (excludes halogenated alkanes) is 1. The first kappa shape index (κ1) is 21.4. The van der Waals surface area contributed by atoms with Gasteiger partial charge in [0.05, 0.1) is 18.6 Å². The number of carbonyl (C=O) groups is 2. The number of carbonyl (C=O) groups excluding carboxylic acids is 2. The molecule has 1 aromatic rings. The summed E-state index contributed by atoms with van der Waals surface area (Å²) in [7, 11) is 1.71. The first-order valence-corrected chi connectivity index (χ1v) is 9.84. The van der Waals surface area contributed by atoms with Crippen molar-refractivity contribution in [2.24, 2.45) is 5.73 Å². The number of hydrogen-bond acceptors (Lipinski definition) is 4. The molecule has 2 rings (SSSR count). The van der Waals surface area contributed by atoms with E-state index in [4.69, 9.17) is 15.2 Å². The highest BCUT2D eigenvalue weighted by molar-refractivity contribution is 5.84. The van der Waals surface area contributed by atoms with Crippen LogP contribution in [0.1, 0.15) is 50.5 Å². The summed E-state index contributed by atoms with van der Waals surface area (Å²) >= 11 is 0. The van der Waals surface area contributed by atoms with Crippen LogP contribution in [0.5, 0.6) is 0 Å². The van der Waals surface area contributed by atoms with Crippen LogP contribution >= 0.6 is 0 Å². The largest absolute Gasteiger partial charge is 0.381 e. The van der Waals surface area contributed by atoms with Crippen LogP contribution in [-0.2, 0) is 19.1 Å². The molecule has 1 fully saturated rings. The number of nitrogens with two attached hydrogens (primary N) is 1. The smallest absolute Gasteiger partial charge is 0.246 e. The fourth-order valence-electron chi connectivity index (χ4n) is 3.44. The highest BCUT2D eigenvalue weighted by Crippen LogP contribution is 2.23. The zero-order valence-electron chi connectivity index (χ0n) is 16.4. The average molecular weight is 376 g/mol. The average Bonchev–Trinajstić information content (AvgIpc) is 2.70. The molecule has 0 spiro atoms. The van der Waals surface area contributed by atoms with Gasteiger partial charge >= 0.3 is 0 Å². The Morgan fingerprint density at radius 3 is 2.44 bits per heavy atom. The Morgan fingerprint density at radius 2 is 1.89 bits per heavy atom. The summed E-state index contributed by atoms with van der Waals surface area (Å²) in [4.78, 5) is 26.7. The second-order valence-electron chi connectivity index (χ2n) is 7.09. The van der Waals surface area contributed by atoms with Crippen LogP contribution in [0.3, 0.4) is 0 Å². The van der Waals surface area contributed by atoms with Gasteiger partial charge in [-0.1, -0.05) is 50.1 Å². The lowest BCUT2D eigenvalue weighted by Gasteiger charge is -2.34. The lowest BCUT2D eigenvalue weighted by Crippen LogP contribution is -2.44. The second kappa shape index (κ2) is 11.0. The molecule has 0 saturated carbocycles. The van der Waals surface area contributed by atoms with Crippen LogP contribution in [-0.4, -0.2) is 55.7 Å². The van der Waals surface area contributed by atoms with E-state index in [1.807, 2.05) is 35.2 Å². The number of ether oxygens (including phenoxy) is 2. The monoisotopic (exact) mass is 376 g/mol. The van der Waals surface area contributed by atoms with E-state index in [1.165, 1.54) is 0 Å². The van der Waals surface area contributed by atoms with Gasteiger partial charge in [-0.2, -0.15) is 0 Å². The van der Waals surface area contributed by atoms with Gasteiger partial charge in [0.25, 0.3) is 0 Å². The number of piperidine rings is 1. The third-order valence-corrected chi connectivity index (χ3v) is 5.19. The zero-order chi connectivity index (χ0) is 19.6. The topological polar surface area (TPSA) is 81.9 Å². The van der Waals surface area contributed by atoms with E-state index in [0.717, 1.165) is 31.2 Å². The summed E-state index contributed by atoms with van der Waals surface area (Å²) in [6, 6.07) is 9.60. The number of benzene rings is 1. The molecule has 0 aliphatic carbocycles. The quantitative estimate of drug-likeness (QED) is 0.680. The minimum absolute atomic E-state index is 0.0365. The maximum atomic E-state index is 13.2. The van der Waals surface area contributed by atoms with Crippen molar-refractivity contribution in [3.63, 3.8) is 0 Å². The first-order chi connectivity index (χ1) is 13.1. The third kappa shape index (κ3) is 6.33. The van der Waals surface area contributed by atoms with Crippen molar-refractivity contribution in [2.75, 3.05) is 26.8 Å². The lowest BCUT2D eigenvalue weighted by atomic mass is 9.96. The molecule has 0 radical (unpaired) electrons. The third-order valence-electron chi connectivity index (χ3n) is 5.19. The van der Waals surface area contributed by atoms with Gasteiger partial charge in [-0.15, -0.1) is 0 Å². The van der Waals surface area contributed by atoms with E-state index < -0.39 is 17.9 Å². The highest BCUT2D eigenvalue weighted by Gasteiger charge is 2.30. The van der Waals surface area contributed by atoms with E-state index in [9.17, 15) is 9.59 Å². The second-order valence-corrected chi connectivity index (χ2v) is 7.09. The fraction of sp³-hybridized carbons (Fsp3) is 0.619. The minimum atomic E-state index is -0.650. The van der Waals surface area contributed by atoms with Gasteiger partial charge in [-0.3, -0.25) is 9.59 Å². The molecule has 6 heteroatoms. The number of rotatable bonds is 10. The van der Waals surface area contributed by atoms with Crippen molar-refractivity contribution in [3.8, 4) is 0 Å². The number of hydrogen-bond donors (Lipinski definition) is 1. The fourth-order valence-corrected chi connectivity index (χ4v) is 3.44. The van der Waals surface area contributed by atoms with E-state index in [1.54, 1.807) is 7.11 Å². The Morgan fingerprint density at radius 1 is 1.22 bits per heavy atom. The normalized spacial score (nSPS) is 17.5. The molecule has 1 aromatic carbocycles. The predicted octanol–water partition coefficient (Wildman–Crippen LogP) is 2.47. The molecule has 27 heavy (non-hydrogen) atoms. The van der Waals surface area contributed by atoms with Crippen LogP contribution in [0, 0.1) is 0 Å². The molecule has 1 heterocycles. The van der Waals surface area contributed by atoms with Gasteiger partial charge in [0, 0.05) is 20.2 Å². The summed E-state index contributed by atoms with van der Waals surface area (Å²) in [5.41, 5.74) is 6.38. The summed E-state index contributed by atoms with van der Waals surface area (Å²) < 4.78 is 11.2. The number of amides is 2. The van der Waals surface area contributed by atoms with Crippen molar-refractivity contribution in [1.82, 2.24) is 4.90 Å². The summed E-state index contributed by atoms with van der Waals surface area (Å²) in [5.74, 6) is -0.869. The van der Waals surface area contributed by atoms with Crippen molar-refractivity contribution in [3.05, 3.63) is 35.9 Å². The number of likely N-dealkylation sites (tertiary alicyclic amines) is 1. The van der Waals surface area contributed by atoms with Crippen LogP contribution in [0.15, 0.2) is 30.3 Å². The summed E-state index contributed by atoms with van der Waals surface area (Å²) in [6.45, 7) is 3.56. The van der Waals surface area contributed by atoms with Crippen molar-refractivity contribution in [1.29, 1.82) is 0 Å². The molecular formula is C21H32N2O4. The molecular weight excluding hydrogens is 344 g/mol. The lowest BCUT2D eigenvalue weighted by molar-refractivity contribution is -0.140. The van der Waals surface area contributed by atoms with Gasteiger partial charge in [0.2, 0.25) is 11.8 Å². The molecule has 1 unspecified atom stereocenters. The first-order valence-electron chi connectivity index (χ1n) is 9.84. The Kier molecular flexibility index (Phi) is 8.75. The maximum absolute atomic E-state index is 13.2. The van der Waals surface area contributed by atoms with Gasteiger partial charge < -0.3 is 20.1 Å². The molecule has 0 aromatic heterocycles. The van der Waals surface area contributed by atoms with Crippen LogP contribution in [0.4, 0.5) is 0 Å². The molecule has 0 bridgehead atoms. The van der Waals surface area contributed by atoms with Gasteiger partial charge in [-0.05, 0) is 24.8 Å². The van der Waals surface area contributed by atoms with Gasteiger partial charge in [0.15, 0.2) is 0 Å². The Balaban J connectivity index is 2.07. The maximum Gasteiger partial charge on any atom is 0.246 e. The molecule has 2 amide bonds. The van der Waals surface area contributed by atoms with E-state index in [0.29, 0.717) is 19.5 Å². The molecule has 2 atom stereocenters. The van der Waals surface area contributed by atoms with E-state index >= 15 is 0 Å². The molecule has 6 nitrogen and oxygen atoms in total. The zero-order valence-corrected chi connectivity index (χ0v) is 16.4. The number of nitrogens with zero attached hydrogens (tertiary/aromatic N) is 1. The SMILES string of the molecule is CCCC[C@H](OCC(C(=O)N1CCC(OC)CC1)c1ccccc1)C(N)=O. The predicted molar refractivity (Wildman–Crippen MR) is 104 cm³/mol. The Hall–Kier alpha value is -1.92. The molecule has 150 valence electrons.